The van der Waals surface area contributed by atoms with E-state index in [4.69, 9.17) is 11.6 Å². The van der Waals surface area contributed by atoms with Crippen molar-refractivity contribution in [1.29, 1.82) is 0 Å². The molecule has 1 aliphatic rings. The smallest absolute Gasteiger partial charge is 0.246 e. The normalized spacial score (nSPS) is 16.7. The van der Waals surface area contributed by atoms with E-state index in [0.717, 1.165) is 44.1 Å². The van der Waals surface area contributed by atoms with Gasteiger partial charge in [-0.1, -0.05) is 35.5 Å². The van der Waals surface area contributed by atoms with Crippen LogP contribution in [0.4, 0.5) is 5.82 Å². The highest BCUT2D eigenvalue weighted by Crippen LogP contribution is 2.29. The van der Waals surface area contributed by atoms with Gasteiger partial charge in [0.2, 0.25) is 5.91 Å². The lowest BCUT2D eigenvalue weighted by atomic mass is 10.0. The van der Waals surface area contributed by atoms with E-state index in [-0.39, 0.29) is 11.9 Å². The minimum atomic E-state index is -0.0188. The van der Waals surface area contributed by atoms with E-state index < -0.39 is 0 Å². The van der Waals surface area contributed by atoms with Crippen LogP contribution in [0.5, 0.6) is 0 Å². The Balaban J connectivity index is 1.73. The van der Waals surface area contributed by atoms with Crippen LogP contribution >= 0.6 is 11.6 Å². The van der Waals surface area contributed by atoms with Gasteiger partial charge >= 0.3 is 0 Å². The fourth-order valence-corrected chi connectivity index (χ4v) is 5.25. The highest BCUT2D eigenvalue weighted by Gasteiger charge is 2.31. The zero-order valence-electron chi connectivity index (χ0n) is 18.8. The minimum absolute atomic E-state index is 0.0188. The second-order valence-corrected chi connectivity index (χ2v) is 10.0. The molecule has 32 heavy (non-hydrogen) atoms. The van der Waals surface area contributed by atoms with Crippen LogP contribution in [-0.2, 0) is 4.79 Å². The second-order valence-electron chi connectivity index (χ2n) is 8.49. The number of benzene rings is 2. The number of anilines is 1. The van der Waals surface area contributed by atoms with Crippen molar-refractivity contribution in [3.63, 3.8) is 0 Å². The average Bonchev–Trinajstić information content (AvgIpc) is 2.78. The van der Waals surface area contributed by atoms with Crippen LogP contribution in [0.1, 0.15) is 0 Å². The number of hydrogen-bond acceptors (Lipinski definition) is 5. The lowest BCUT2D eigenvalue weighted by Crippen LogP contribution is -2.58. The number of piperazine rings is 1. The third kappa shape index (κ3) is 4.55. The SMILES string of the molecule is C=CC(=O)N1CCN(c2ncnc3cc([SiH3])c(-c4ccc(Cl)cc4)cc23)CC1CN(C)C. The Kier molecular flexibility index (Phi) is 6.60. The first-order chi connectivity index (χ1) is 15.4. The molecule has 0 spiro atoms. The fourth-order valence-electron chi connectivity index (χ4n) is 4.42. The number of rotatable bonds is 5. The Morgan fingerprint density at radius 2 is 2.00 bits per heavy atom. The molecule has 0 N–H and O–H groups in total. The monoisotopic (exact) mass is 465 g/mol. The number of carbonyl (C=O) groups is 1. The van der Waals surface area contributed by atoms with Crippen molar-refractivity contribution >= 4 is 49.7 Å². The van der Waals surface area contributed by atoms with Crippen LogP contribution in [0.2, 0.25) is 5.02 Å². The summed E-state index contributed by atoms with van der Waals surface area (Å²) in [5, 5.41) is 3.05. The second kappa shape index (κ2) is 9.40. The van der Waals surface area contributed by atoms with Crippen molar-refractivity contribution in [1.82, 2.24) is 19.8 Å². The van der Waals surface area contributed by atoms with Gasteiger partial charge in [-0.05, 0) is 55.6 Å². The first-order valence-corrected chi connectivity index (χ1v) is 12.1. The first-order valence-electron chi connectivity index (χ1n) is 10.7. The van der Waals surface area contributed by atoms with Crippen LogP contribution in [0, 0.1) is 0 Å². The molecule has 4 rings (SSSR count). The molecule has 3 aromatic rings. The van der Waals surface area contributed by atoms with Gasteiger partial charge < -0.3 is 14.7 Å². The zero-order chi connectivity index (χ0) is 22.8. The summed E-state index contributed by atoms with van der Waals surface area (Å²) < 4.78 is 0. The number of halogens is 1. The Morgan fingerprint density at radius 1 is 1.25 bits per heavy atom. The lowest BCUT2D eigenvalue weighted by Gasteiger charge is -2.42. The topological polar surface area (TPSA) is 52.6 Å². The number of likely N-dealkylation sites (N-methyl/N-ethyl adjacent to an activating group) is 1. The fraction of sp³-hybridized carbons (Fsp3) is 0.292. The molecule has 2 aromatic carbocycles. The van der Waals surface area contributed by atoms with Gasteiger partial charge in [0.1, 0.15) is 12.1 Å². The van der Waals surface area contributed by atoms with Crippen molar-refractivity contribution in [3.05, 3.63) is 60.4 Å². The maximum Gasteiger partial charge on any atom is 0.246 e. The molecule has 1 amide bonds. The summed E-state index contributed by atoms with van der Waals surface area (Å²) in [5.74, 6) is 0.899. The van der Waals surface area contributed by atoms with Crippen molar-refractivity contribution in [2.45, 2.75) is 6.04 Å². The van der Waals surface area contributed by atoms with E-state index in [1.807, 2.05) is 31.1 Å². The van der Waals surface area contributed by atoms with Gasteiger partial charge in [-0.2, -0.15) is 0 Å². The van der Waals surface area contributed by atoms with Gasteiger partial charge in [0, 0.05) is 46.8 Å². The molecule has 6 nitrogen and oxygen atoms in total. The van der Waals surface area contributed by atoms with Crippen LogP contribution in [0.3, 0.4) is 0 Å². The molecule has 2 heterocycles. The molecule has 1 saturated heterocycles. The third-order valence-corrected chi connectivity index (χ3v) is 7.01. The van der Waals surface area contributed by atoms with Gasteiger partial charge in [-0.15, -0.1) is 0 Å². The summed E-state index contributed by atoms with van der Waals surface area (Å²) in [6.45, 7) is 6.52. The van der Waals surface area contributed by atoms with Crippen LogP contribution < -0.4 is 10.1 Å². The first kappa shape index (κ1) is 22.5. The minimum Gasteiger partial charge on any atom is -0.352 e. The molecule has 0 saturated carbocycles. The number of amides is 1. The summed E-state index contributed by atoms with van der Waals surface area (Å²) in [5.41, 5.74) is 3.29. The van der Waals surface area contributed by atoms with E-state index in [0.29, 0.717) is 19.6 Å². The molecule has 8 heteroatoms. The summed E-state index contributed by atoms with van der Waals surface area (Å²) in [7, 11) is 4.97. The molecule has 1 fully saturated rings. The third-order valence-electron chi connectivity index (χ3n) is 5.93. The Morgan fingerprint density at radius 3 is 2.69 bits per heavy atom. The van der Waals surface area contributed by atoms with Crippen LogP contribution in [0.15, 0.2) is 55.4 Å². The quantitative estimate of drug-likeness (QED) is 0.424. The van der Waals surface area contributed by atoms with E-state index in [2.05, 4.69) is 50.6 Å². The maximum atomic E-state index is 12.4. The van der Waals surface area contributed by atoms with E-state index in [9.17, 15) is 4.79 Å². The molecular formula is C24H28ClN5OSi. The number of carbonyl (C=O) groups excluding carboxylic acids is 1. The average molecular weight is 466 g/mol. The predicted octanol–water partition coefficient (Wildman–Crippen LogP) is 1.71. The van der Waals surface area contributed by atoms with Crippen molar-refractivity contribution < 1.29 is 4.79 Å². The van der Waals surface area contributed by atoms with Crippen molar-refractivity contribution in [3.8, 4) is 11.1 Å². The Bertz CT molecular complexity index is 1150. The predicted molar refractivity (Wildman–Crippen MR) is 136 cm³/mol. The number of aromatic nitrogens is 2. The lowest BCUT2D eigenvalue weighted by molar-refractivity contribution is -0.128. The van der Waals surface area contributed by atoms with Crippen molar-refractivity contribution in [2.24, 2.45) is 0 Å². The summed E-state index contributed by atoms with van der Waals surface area (Å²) in [6.07, 6.45) is 3.05. The molecule has 166 valence electrons. The number of hydrogen-bond donors (Lipinski definition) is 0. The Labute approximate surface area is 196 Å². The zero-order valence-corrected chi connectivity index (χ0v) is 21.5. The van der Waals surface area contributed by atoms with Crippen molar-refractivity contribution in [2.75, 3.05) is 45.2 Å². The van der Waals surface area contributed by atoms with Gasteiger partial charge in [-0.3, -0.25) is 4.79 Å². The highest BCUT2D eigenvalue weighted by atomic mass is 35.5. The maximum absolute atomic E-state index is 12.4. The molecule has 1 aromatic heterocycles. The largest absolute Gasteiger partial charge is 0.352 e. The summed E-state index contributed by atoms with van der Waals surface area (Å²) in [6, 6.07) is 12.4. The molecule has 1 aliphatic heterocycles. The summed E-state index contributed by atoms with van der Waals surface area (Å²) >= 11 is 6.10. The van der Waals surface area contributed by atoms with E-state index in [1.165, 1.54) is 16.8 Å². The van der Waals surface area contributed by atoms with Crippen LogP contribution in [-0.4, -0.2) is 82.2 Å². The van der Waals surface area contributed by atoms with Crippen LogP contribution in [0.25, 0.3) is 22.0 Å². The van der Waals surface area contributed by atoms with E-state index >= 15 is 0 Å². The van der Waals surface area contributed by atoms with E-state index in [1.54, 1.807) is 6.33 Å². The number of nitrogens with zero attached hydrogens (tertiary/aromatic N) is 5. The van der Waals surface area contributed by atoms with Gasteiger partial charge in [-0.25, -0.2) is 9.97 Å². The number of fused-ring (bicyclic) bond motifs is 1. The van der Waals surface area contributed by atoms with Gasteiger partial charge in [0.25, 0.3) is 0 Å². The molecule has 0 bridgehead atoms. The van der Waals surface area contributed by atoms with Gasteiger partial charge in [0.15, 0.2) is 0 Å². The summed E-state index contributed by atoms with van der Waals surface area (Å²) in [4.78, 5) is 28.0. The standard InChI is InChI=1S/C24H28ClN5OSi/c1-4-23(31)30-10-9-29(14-18(30)13-28(2)3)24-20-11-19(16-5-7-17(25)8-6-16)22(32)12-21(20)26-15-27-24/h4-8,11-12,15,18H,1,9-10,13-14H2,2-3,32H3. The molecule has 0 radical (unpaired) electrons. The molecule has 0 aliphatic carbocycles. The molecule has 1 unspecified atom stereocenters. The molecule has 1 atom stereocenters. The highest BCUT2D eigenvalue weighted by molar-refractivity contribution is 6.37. The Hall–Kier alpha value is -2.74. The van der Waals surface area contributed by atoms with Gasteiger partial charge in [0.05, 0.1) is 11.6 Å². The molecular weight excluding hydrogens is 438 g/mol.